The summed E-state index contributed by atoms with van der Waals surface area (Å²) < 4.78 is 5.20. The van der Waals surface area contributed by atoms with E-state index in [4.69, 9.17) is 4.74 Å². The number of methoxy groups -OCH3 is 1. The van der Waals surface area contributed by atoms with Gasteiger partial charge in [0.1, 0.15) is 6.04 Å². The molecule has 1 amide bonds. The number of hydrogen-bond donors (Lipinski definition) is 0. The molecule has 0 spiro atoms. The van der Waals surface area contributed by atoms with Crippen LogP contribution >= 0.6 is 0 Å². The molecule has 0 N–H and O–H groups in total. The number of carbonyl (C=O) groups excluding carboxylic acids is 2. The Bertz CT molecular complexity index is 1300. The number of ether oxygens (including phenoxy) is 1. The van der Waals surface area contributed by atoms with Gasteiger partial charge in [0.05, 0.1) is 13.0 Å². The van der Waals surface area contributed by atoms with E-state index in [2.05, 4.69) is 24.3 Å². The second kappa shape index (κ2) is 10.6. The number of carbonyl (C=O) groups is 2. The van der Waals surface area contributed by atoms with Gasteiger partial charge in [-0.2, -0.15) is 0 Å². The van der Waals surface area contributed by atoms with Gasteiger partial charge in [-0.3, -0.25) is 4.79 Å². The Morgan fingerprint density at radius 1 is 0.806 bits per heavy atom. The van der Waals surface area contributed by atoms with Crippen molar-refractivity contribution < 1.29 is 14.3 Å². The van der Waals surface area contributed by atoms with Crippen LogP contribution in [0, 0.1) is 0 Å². The second-order valence-corrected chi connectivity index (χ2v) is 9.18. The summed E-state index contributed by atoms with van der Waals surface area (Å²) in [7, 11) is 1.39. The smallest absolute Gasteiger partial charge is 0.328 e. The van der Waals surface area contributed by atoms with Crippen molar-refractivity contribution in [3.05, 3.63) is 143 Å². The molecule has 0 radical (unpaired) electrons. The maximum atomic E-state index is 14.2. The van der Waals surface area contributed by atoms with Gasteiger partial charge in [0.2, 0.25) is 5.91 Å². The van der Waals surface area contributed by atoms with E-state index in [1.165, 1.54) is 18.2 Å². The zero-order chi connectivity index (χ0) is 24.9. The van der Waals surface area contributed by atoms with Crippen LogP contribution in [0.3, 0.4) is 0 Å². The maximum Gasteiger partial charge on any atom is 0.328 e. The molecule has 1 aliphatic rings. The number of nitrogens with zero attached hydrogens (tertiary/aromatic N) is 1. The Hall–Kier alpha value is -4.18. The van der Waals surface area contributed by atoms with Crippen LogP contribution in [0.5, 0.6) is 0 Å². The van der Waals surface area contributed by atoms with Gasteiger partial charge < -0.3 is 9.64 Å². The zero-order valence-corrected chi connectivity index (χ0v) is 20.3. The Morgan fingerprint density at radius 2 is 1.39 bits per heavy atom. The molecule has 0 aliphatic carbocycles. The normalized spacial score (nSPS) is 14.8. The average molecular weight is 476 g/mol. The van der Waals surface area contributed by atoms with Crippen LogP contribution in [0.1, 0.15) is 39.3 Å². The standard InChI is InChI=1S/C32H29NO3/c1-36-32(35)29-21-28-26(20-23-12-5-2-6-13-23)18-11-19-27(28)22-33(29)31(34)30(24-14-7-3-8-15-24)25-16-9-4-10-17-25/h2-19,29-30H,20-22H2,1H3/t29-/m1/s1. The van der Waals surface area contributed by atoms with Gasteiger partial charge in [0.15, 0.2) is 0 Å². The van der Waals surface area contributed by atoms with Gasteiger partial charge in [-0.15, -0.1) is 0 Å². The highest BCUT2D eigenvalue weighted by atomic mass is 16.5. The summed E-state index contributed by atoms with van der Waals surface area (Å²) in [5.41, 5.74) is 6.42. The van der Waals surface area contributed by atoms with Crippen molar-refractivity contribution in [1.82, 2.24) is 4.90 Å². The highest BCUT2D eigenvalue weighted by Crippen LogP contribution is 2.33. The molecule has 0 unspecified atom stereocenters. The van der Waals surface area contributed by atoms with Crippen LogP contribution in [0.4, 0.5) is 0 Å². The summed E-state index contributed by atoms with van der Waals surface area (Å²) in [5.74, 6) is -0.987. The van der Waals surface area contributed by atoms with E-state index in [0.29, 0.717) is 13.0 Å². The first-order valence-corrected chi connectivity index (χ1v) is 12.3. The first kappa shape index (κ1) is 23.6. The molecule has 0 saturated carbocycles. The molecule has 36 heavy (non-hydrogen) atoms. The van der Waals surface area contributed by atoms with Gasteiger partial charge in [-0.05, 0) is 39.8 Å². The van der Waals surface area contributed by atoms with Gasteiger partial charge in [0, 0.05) is 13.0 Å². The van der Waals surface area contributed by atoms with E-state index in [0.717, 1.165) is 28.7 Å². The quantitative estimate of drug-likeness (QED) is 0.344. The number of esters is 1. The van der Waals surface area contributed by atoms with Crippen LogP contribution in [0.15, 0.2) is 109 Å². The number of amides is 1. The molecular formula is C32H29NO3. The Labute approximate surface area is 212 Å². The molecule has 4 nitrogen and oxygen atoms in total. The van der Waals surface area contributed by atoms with Gasteiger partial charge in [-0.25, -0.2) is 4.79 Å². The molecule has 4 aromatic rings. The zero-order valence-electron chi connectivity index (χ0n) is 20.3. The summed E-state index contributed by atoms with van der Waals surface area (Å²) in [4.78, 5) is 29.0. The van der Waals surface area contributed by atoms with E-state index in [1.807, 2.05) is 84.9 Å². The summed E-state index contributed by atoms with van der Waals surface area (Å²) in [6, 6.07) is 35.4. The third kappa shape index (κ3) is 4.80. The monoisotopic (exact) mass is 475 g/mol. The Morgan fingerprint density at radius 3 is 1.97 bits per heavy atom. The van der Waals surface area contributed by atoms with Crippen LogP contribution in [0.25, 0.3) is 0 Å². The van der Waals surface area contributed by atoms with Gasteiger partial charge in [0.25, 0.3) is 0 Å². The molecule has 1 aliphatic heterocycles. The minimum Gasteiger partial charge on any atom is -0.467 e. The number of benzene rings is 4. The number of fused-ring (bicyclic) bond motifs is 1. The van der Waals surface area contributed by atoms with Crippen LogP contribution in [-0.4, -0.2) is 29.9 Å². The molecule has 1 heterocycles. The lowest BCUT2D eigenvalue weighted by Crippen LogP contribution is -2.51. The van der Waals surface area contributed by atoms with Crippen LogP contribution in [-0.2, 0) is 33.7 Å². The molecule has 0 saturated heterocycles. The third-order valence-corrected chi connectivity index (χ3v) is 6.99. The van der Waals surface area contributed by atoms with Crippen molar-refractivity contribution in [2.24, 2.45) is 0 Å². The third-order valence-electron chi connectivity index (χ3n) is 6.99. The lowest BCUT2D eigenvalue weighted by molar-refractivity contribution is -0.154. The molecule has 4 aromatic carbocycles. The lowest BCUT2D eigenvalue weighted by atomic mass is 9.85. The van der Waals surface area contributed by atoms with Crippen LogP contribution in [0.2, 0.25) is 0 Å². The minimum atomic E-state index is -0.679. The maximum absolute atomic E-state index is 14.2. The molecular weight excluding hydrogens is 446 g/mol. The summed E-state index contributed by atoms with van der Waals surface area (Å²) in [6.45, 7) is 0.368. The van der Waals surface area contributed by atoms with Crippen molar-refractivity contribution in [2.45, 2.75) is 31.3 Å². The first-order valence-electron chi connectivity index (χ1n) is 12.3. The van der Waals surface area contributed by atoms with E-state index in [9.17, 15) is 9.59 Å². The fourth-order valence-corrected chi connectivity index (χ4v) is 5.19. The highest BCUT2D eigenvalue weighted by molar-refractivity contribution is 5.91. The molecule has 180 valence electrons. The van der Waals surface area contributed by atoms with Crippen molar-refractivity contribution in [2.75, 3.05) is 7.11 Å². The minimum absolute atomic E-state index is 0.0955. The van der Waals surface area contributed by atoms with Gasteiger partial charge >= 0.3 is 5.97 Å². The molecule has 0 bridgehead atoms. The molecule has 0 aromatic heterocycles. The predicted molar refractivity (Wildman–Crippen MR) is 140 cm³/mol. The van der Waals surface area contributed by atoms with Crippen molar-refractivity contribution in [1.29, 1.82) is 0 Å². The lowest BCUT2D eigenvalue weighted by Gasteiger charge is -2.38. The summed E-state index contributed by atoms with van der Waals surface area (Å²) in [6.07, 6.45) is 1.22. The SMILES string of the molecule is COC(=O)[C@H]1Cc2c(Cc3ccccc3)cccc2CN1C(=O)C(c1ccccc1)c1ccccc1. The van der Waals surface area contributed by atoms with E-state index < -0.39 is 12.0 Å². The van der Waals surface area contributed by atoms with Crippen molar-refractivity contribution in [3.8, 4) is 0 Å². The second-order valence-electron chi connectivity index (χ2n) is 9.18. The van der Waals surface area contributed by atoms with E-state index in [-0.39, 0.29) is 11.9 Å². The fraction of sp³-hybridized carbons (Fsp3) is 0.188. The molecule has 0 fully saturated rings. The first-order chi connectivity index (χ1) is 17.7. The van der Waals surface area contributed by atoms with Crippen molar-refractivity contribution in [3.63, 3.8) is 0 Å². The number of hydrogen-bond acceptors (Lipinski definition) is 3. The highest BCUT2D eigenvalue weighted by Gasteiger charge is 2.39. The van der Waals surface area contributed by atoms with E-state index in [1.54, 1.807) is 4.90 Å². The number of rotatable bonds is 6. The summed E-state index contributed by atoms with van der Waals surface area (Å²) >= 11 is 0. The van der Waals surface area contributed by atoms with Crippen LogP contribution < -0.4 is 0 Å². The summed E-state index contributed by atoms with van der Waals surface area (Å²) in [5, 5.41) is 0. The molecule has 5 rings (SSSR count). The molecule has 1 atom stereocenters. The predicted octanol–water partition coefficient (Wildman–Crippen LogP) is 5.54. The fourth-order valence-electron chi connectivity index (χ4n) is 5.19. The Kier molecular flexibility index (Phi) is 6.94. The molecule has 4 heteroatoms. The topological polar surface area (TPSA) is 46.6 Å². The van der Waals surface area contributed by atoms with E-state index >= 15 is 0 Å². The Balaban J connectivity index is 1.54. The van der Waals surface area contributed by atoms with Crippen molar-refractivity contribution >= 4 is 11.9 Å². The van der Waals surface area contributed by atoms with Gasteiger partial charge in [-0.1, -0.05) is 109 Å². The average Bonchev–Trinajstić information content (AvgIpc) is 2.94. The largest absolute Gasteiger partial charge is 0.467 e.